The lowest BCUT2D eigenvalue weighted by atomic mass is 10.0. The van der Waals surface area contributed by atoms with Crippen LogP contribution in [0, 0.1) is 0 Å². The number of carbonyl (C=O) groups is 4. The molecular formula is C78H144O17P2. The Hall–Kier alpha value is -2.98. The largest absolute Gasteiger partial charge is 0.472 e. The van der Waals surface area contributed by atoms with Crippen molar-refractivity contribution in [3.8, 4) is 0 Å². The van der Waals surface area contributed by atoms with E-state index in [-0.39, 0.29) is 25.7 Å². The van der Waals surface area contributed by atoms with Crippen LogP contribution in [0.4, 0.5) is 0 Å². The molecule has 0 radical (unpaired) electrons. The average molecular weight is 1420 g/mol. The Bertz CT molecular complexity index is 2030. The number of phosphoric acid groups is 2. The van der Waals surface area contributed by atoms with E-state index in [4.69, 9.17) is 37.0 Å². The van der Waals surface area contributed by atoms with Gasteiger partial charge in [-0.05, 0) is 77.0 Å². The third-order valence-electron chi connectivity index (χ3n) is 17.1. The summed E-state index contributed by atoms with van der Waals surface area (Å²) in [5.41, 5.74) is 0. The lowest BCUT2D eigenvalue weighted by Crippen LogP contribution is -2.30. The van der Waals surface area contributed by atoms with E-state index >= 15 is 0 Å². The van der Waals surface area contributed by atoms with Crippen molar-refractivity contribution in [2.45, 2.75) is 386 Å². The van der Waals surface area contributed by atoms with Gasteiger partial charge in [-0.3, -0.25) is 37.3 Å². The molecule has 19 heteroatoms. The molecule has 0 aliphatic rings. The first-order valence-corrected chi connectivity index (χ1v) is 42.4. The van der Waals surface area contributed by atoms with Crippen molar-refractivity contribution in [3.05, 3.63) is 48.6 Å². The SMILES string of the molecule is CCCCCC/C=C\C=C/CCCCCCCC(=O)OC[C@H](COP(=O)(O)OC[C@@H](O)COP(=O)(O)OC[C@@H](COC(=O)CCCCCCCCCCCC)OC(=O)CCCCCCC/C=C\C=C/CCCCCC)OC(=O)CCCCCCCCCCCCCCCCCCC. The molecule has 0 spiro atoms. The summed E-state index contributed by atoms with van der Waals surface area (Å²) in [5.74, 6) is -2.17. The minimum atomic E-state index is -4.97. The van der Waals surface area contributed by atoms with Crippen LogP contribution in [0.1, 0.15) is 368 Å². The van der Waals surface area contributed by atoms with Gasteiger partial charge in [0.2, 0.25) is 0 Å². The number of ether oxygens (including phenoxy) is 4. The van der Waals surface area contributed by atoms with Crippen LogP contribution in [0.25, 0.3) is 0 Å². The number of aliphatic hydroxyl groups excluding tert-OH is 1. The van der Waals surface area contributed by atoms with Gasteiger partial charge in [-0.15, -0.1) is 0 Å². The van der Waals surface area contributed by atoms with E-state index in [1.54, 1.807) is 0 Å². The highest BCUT2D eigenvalue weighted by atomic mass is 31.2. The van der Waals surface area contributed by atoms with Gasteiger partial charge in [0.05, 0.1) is 26.4 Å². The van der Waals surface area contributed by atoms with E-state index in [1.807, 2.05) is 0 Å². The number of phosphoric ester groups is 2. The van der Waals surface area contributed by atoms with Gasteiger partial charge in [0.1, 0.15) is 19.3 Å². The molecule has 0 aromatic carbocycles. The molecule has 0 aromatic heterocycles. The van der Waals surface area contributed by atoms with Gasteiger partial charge in [0, 0.05) is 25.7 Å². The molecule has 0 saturated carbocycles. The molecule has 0 aromatic rings. The third-order valence-corrected chi connectivity index (χ3v) is 19.0. The number of carbonyl (C=O) groups excluding carboxylic acids is 4. The maximum absolute atomic E-state index is 13.1. The van der Waals surface area contributed by atoms with Crippen molar-refractivity contribution in [2.75, 3.05) is 39.6 Å². The number of hydrogen-bond donors (Lipinski definition) is 3. The molecule has 0 heterocycles. The molecule has 5 atom stereocenters. The molecule has 0 aliphatic carbocycles. The first-order chi connectivity index (χ1) is 47.2. The summed E-state index contributed by atoms with van der Waals surface area (Å²) in [4.78, 5) is 72.8. The molecule has 0 saturated heterocycles. The molecule has 2 unspecified atom stereocenters. The van der Waals surface area contributed by atoms with Crippen molar-refractivity contribution in [3.63, 3.8) is 0 Å². The number of allylic oxidation sites excluding steroid dienone is 8. The minimum Gasteiger partial charge on any atom is -0.462 e. The van der Waals surface area contributed by atoms with E-state index in [0.717, 1.165) is 122 Å². The molecular weight excluding hydrogens is 1270 g/mol. The van der Waals surface area contributed by atoms with Crippen LogP contribution >= 0.6 is 15.6 Å². The summed E-state index contributed by atoms with van der Waals surface area (Å²) in [7, 11) is -9.94. The summed E-state index contributed by atoms with van der Waals surface area (Å²) in [6.07, 6.45) is 68.1. The van der Waals surface area contributed by atoms with Crippen LogP contribution in [-0.4, -0.2) is 96.7 Å². The van der Waals surface area contributed by atoms with Crippen molar-refractivity contribution < 1.29 is 80.2 Å². The maximum Gasteiger partial charge on any atom is 0.472 e. The second-order valence-corrected chi connectivity index (χ2v) is 29.6. The van der Waals surface area contributed by atoms with Gasteiger partial charge in [-0.25, -0.2) is 9.13 Å². The Morgan fingerprint density at radius 1 is 0.289 bits per heavy atom. The molecule has 0 aliphatic heterocycles. The van der Waals surface area contributed by atoms with E-state index in [1.165, 1.54) is 167 Å². The summed E-state index contributed by atoms with van der Waals surface area (Å²) >= 11 is 0. The molecule has 0 fully saturated rings. The molecule has 0 bridgehead atoms. The highest BCUT2D eigenvalue weighted by Gasteiger charge is 2.30. The number of unbranched alkanes of at least 4 members (excludes halogenated alkanes) is 43. The summed E-state index contributed by atoms with van der Waals surface area (Å²) in [6, 6.07) is 0. The Morgan fingerprint density at radius 3 is 0.753 bits per heavy atom. The van der Waals surface area contributed by atoms with Crippen LogP contribution in [0.5, 0.6) is 0 Å². The average Bonchev–Trinajstić information content (AvgIpc) is 1.49. The second kappa shape index (κ2) is 71.4. The Morgan fingerprint density at radius 2 is 0.495 bits per heavy atom. The monoisotopic (exact) mass is 1410 g/mol. The van der Waals surface area contributed by atoms with Crippen molar-refractivity contribution >= 4 is 39.5 Å². The number of aliphatic hydroxyl groups is 1. The quantitative estimate of drug-likeness (QED) is 0.0169. The fraction of sp³-hybridized carbons (Fsp3) is 0.846. The fourth-order valence-electron chi connectivity index (χ4n) is 11.0. The summed E-state index contributed by atoms with van der Waals surface area (Å²) in [5, 5.41) is 10.6. The zero-order valence-corrected chi connectivity index (χ0v) is 63.8. The molecule has 0 rings (SSSR count). The van der Waals surface area contributed by atoms with Crippen LogP contribution in [-0.2, 0) is 65.4 Å². The topological polar surface area (TPSA) is 237 Å². The standard InChI is InChI=1S/C78H144O17P2/c1-5-9-13-17-21-25-29-32-35-36-39-42-45-49-53-57-61-65-78(83)95-74(69-89-76(81)63-59-55-51-47-43-40-37-33-30-26-22-18-14-10-6-2)71-93-97(86,87)91-67-72(79)66-90-96(84,85)92-70-73(68-88-75(80)62-58-54-50-46-28-24-20-16-12-8-4)94-77(82)64-60-56-52-48-44-41-38-34-31-27-23-19-15-11-7-3/h26-27,30-31,33-34,37-38,72-74,79H,5-25,28-29,32,35-36,39-71H2,1-4H3,(H,84,85)(H,86,87)/b30-26-,31-27-,37-33-,38-34-/t72-,73+,74+/m0/s1. The van der Waals surface area contributed by atoms with Gasteiger partial charge < -0.3 is 33.8 Å². The van der Waals surface area contributed by atoms with Crippen molar-refractivity contribution in [1.82, 2.24) is 0 Å². The second-order valence-electron chi connectivity index (χ2n) is 26.7. The van der Waals surface area contributed by atoms with E-state index in [0.29, 0.717) is 25.7 Å². The molecule has 3 N–H and O–H groups in total. The van der Waals surface area contributed by atoms with E-state index < -0.39 is 97.5 Å². The van der Waals surface area contributed by atoms with E-state index in [9.17, 15) is 43.2 Å². The maximum atomic E-state index is 13.1. The van der Waals surface area contributed by atoms with Crippen LogP contribution in [0.3, 0.4) is 0 Å². The first-order valence-electron chi connectivity index (χ1n) is 39.4. The summed E-state index contributed by atoms with van der Waals surface area (Å²) < 4.78 is 68.5. The highest BCUT2D eigenvalue weighted by molar-refractivity contribution is 7.47. The van der Waals surface area contributed by atoms with Gasteiger partial charge in [0.15, 0.2) is 12.2 Å². The Balaban J connectivity index is 5.31. The van der Waals surface area contributed by atoms with Crippen molar-refractivity contribution in [2.24, 2.45) is 0 Å². The van der Waals surface area contributed by atoms with Crippen LogP contribution < -0.4 is 0 Å². The molecule has 568 valence electrons. The van der Waals surface area contributed by atoms with Crippen molar-refractivity contribution in [1.29, 1.82) is 0 Å². The minimum absolute atomic E-state index is 0.0833. The fourth-order valence-corrected chi connectivity index (χ4v) is 12.6. The first kappa shape index (κ1) is 94.0. The predicted molar refractivity (Wildman–Crippen MR) is 395 cm³/mol. The molecule has 97 heavy (non-hydrogen) atoms. The zero-order valence-electron chi connectivity index (χ0n) is 62.0. The summed E-state index contributed by atoms with van der Waals surface area (Å²) in [6.45, 7) is 4.86. The van der Waals surface area contributed by atoms with Gasteiger partial charge in [0.25, 0.3) is 0 Å². The lowest BCUT2D eigenvalue weighted by molar-refractivity contribution is -0.161. The van der Waals surface area contributed by atoms with E-state index in [2.05, 4.69) is 76.3 Å². The lowest BCUT2D eigenvalue weighted by Gasteiger charge is -2.21. The number of esters is 4. The Labute approximate surface area is 591 Å². The highest BCUT2D eigenvalue weighted by Crippen LogP contribution is 2.45. The van der Waals surface area contributed by atoms with Gasteiger partial charge in [-0.1, -0.05) is 314 Å². The molecule has 17 nitrogen and oxygen atoms in total. The third kappa shape index (κ3) is 71.2. The number of rotatable bonds is 75. The van der Waals surface area contributed by atoms with Crippen LogP contribution in [0.15, 0.2) is 48.6 Å². The zero-order chi connectivity index (χ0) is 71.1. The van der Waals surface area contributed by atoms with Gasteiger partial charge in [-0.2, -0.15) is 0 Å². The number of hydrogen-bond acceptors (Lipinski definition) is 15. The predicted octanol–water partition coefficient (Wildman–Crippen LogP) is 22.5. The Kier molecular flexibility index (Phi) is 69.2. The normalized spacial score (nSPS) is 14.2. The molecule has 0 amide bonds. The van der Waals surface area contributed by atoms with Gasteiger partial charge >= 0.3 is 39.5 Å². The van der Waals surface area contributed by atoms with Crippen LogP contribution in [0.2, 0.25) is 0 Å². The smallest absolute Gasteiger partial charge is 0.462 e.